The van der Waals surface area contributed by atoms with Crippen molar-refractivity contribution in [3.05, 3.63) is 40.6 Å². The molecule has 1 heterocycles. The molecule has 0 saturated heterocycles. The summed E-state index contributed by atoms with van der Waals surface area (Å²) in [6.45, 7) is 2.27. The van der Waals surface area contributed by atoms with E-state index in [-0.39, 0.29) is 10.8 Å². The van der Waals surface area contributed by atoms with E-state index in [1.54, 1.807) is 19.1 Å². The van der Waals surface area contributed by atoms with Crippen LogP contribution in [0, 0.1) is 0 Å². The first-order chi connectivity index (χ1) is 9.88. The van der Waals surface area contributed by atoms with E-state index in [0.29, 0.717) is 6.54 Å². The molecular formula is C13H11BrF3N3S. The third-order valence-corrected chi connectivity index (χ3v) is 3.80. The zero-order chi connectivity index (χ0) is 15.5. The van der Waals surface area contributed by atoms with Crippen LogP contribution >= 0.6 is 27.7 Å². The zero-order valence-corrected chi connectivity index (χ0v) is 13.3. The van der Waals surface area contributed by atoms with Crippen LogP contribution in [-0.4, -0.2) is 16.5 Å². The lowest BCUT2D eigenvalue weighted by atomic mass is 10.4. The van der Waals surface area contributed by atoms with Gasteiger partial charge in [0.25, 0.3) is 0 Å². The van der Waals surface area contributed by atoms with Gasteiger partial charge in [0.2, 0.25) is 5.82 Å². The van der Waals surface area contributed by atoms with Gasteiger partial charge in [-0.25, -0.2) is 9.97 Å². The molecule has 112 valence electrons. The number of anilines is 1. The molecule has 0 radical (unpaired) electrons. The molecule has 0 saturated carbocycles. The fourth-order valence-electron chi connectivity index (χ4n) is 1.50. The standard InChI is InChI=1S/C13H11BrF3N3S/c1-2-18-10-7-11(20-12(19-10)13(15,16)17)21-9-5-3-8(14)4-6-9/h3-7H,2H2,1H3,(H,18,19,20). The van der Waals surface area contributed by atoms with Gasteiger partial charge in [0.05, 0.1) is 0 Å². The lowest BCUT2D eigenvalue weighted by Gasteiger charge is -2.10. The van der Waals surface area contributed by atoms with E-state index < -0.39 is 12.0 Å². The molecule has 21 heavy (non-hydrogen) atoms. The topological polar surface area (TPSA) is 37.8 Å². The Kier molecular flexibility index (Phi) is 5.10. The van der Waals surface area contributed by atoms with Gasteiger partial charge in [-0.2, -0.15) is 13.2 Å². The number of rotatable bonds is 4. The normalized spacial score (nSPS) is 11.5. The van der Waals surface area contributed by atoms with E-state index in [9.17, 15) is 13.2 Å². The maximum atomic E-state index is 12.8. The first kappa shape index (κ1) is 16.1. The van der Waals surface area contributed by atoms with Crippen molar-refractivity contribution in [1.29, 1.82) is 0 Å². The molecule has 0 atom stereocenters. The number of aromatic nitrogens is 2. The van der Waals surface area contributed by atoms with E-state index in [1.165, 1.54) is 6.07 Å². The second-order valence-electron chi connectivity index (χ2n) is 4.00. The van der Waals surface area contributed by atoms with Crippen molar-refractivity contribution >= 4 is 33.5 Å². The van der Waals surface area contributed by atoms with Gasteiger partial charge in [-0.1, -0.05) is 27.7 Å². The van der Waals surface area contributed by atoms with Gasteiger partial charge in [0.15, 0.2) is 0 Å². The molecule has 0 fully saturated rings. The summed E-state index contributed by atoms with van der Waals surface area (Å²) in [4.78, 5) is 7.86. The van der Waals surface area contributed by atoms with Crippen molar-refractivity contribution < 1.29 is 13.2 Å². The highest BCUT2D eigenvalue weighted by Crippen LogP contribution is 2.32. The van der Waals surface area contributed by atoms with Gasteiger partial charge in [-0.05, 0) is 31.2 Å². The molecule has 0 unspecified atom stereocenters. The van der Waals surface area contributed by atoms with E-state index in [0.717, 1.165) is 21.1 Å². The molecule has 2 rings (SSSR count). The van der Waals surface area contributed by atoms with Crippen LogP contribution in [0.5, 0.6) is 0 Å². The Hall–Kier alpha value is -1.28. The van der Waals surface area contributed by atoms with Crippen LogP contribution < -0.4 is 5.32 Å². The molecule has 1 aromatic carbocycles. The van der Waals surface area contributed by atoms with E-state index >= 15 is 0 Å². The molecule has 8 heteroatoms. The summed E-state index contributed by atoms with van der Waals surface area (Å²) in [5.74, 6) is -0.972. The van der Waals surface area contributed by atoms with Gasteiger partial charge in [0, 0.05) is 22.0 Å². The minimum absolute atomic E-state index is 0.166. The van der Waals surface area contributed by atoms with Crippen molar-refractivity contribution in [2.75, 3.05) is 11.9 Å². The summed E-state index contributed by atoms with van der Waals surface area (Å²) in [6, 6.07) is 8.75. The fraction of sp³-hybridized carbons (Fsp3) is 0.231. The molecule has 0 aliphatic rings. The third kappa shape index (κ3) is 4.60. The Balaban J connectivity index is 2.33. The Labute approximate surface area is 132 Å². The lowest BCUT2D eigenvalue weighted by Crippen LogP contribution is -2.13. The number of hydrogen-bond donors (Lipinski definition) is 1. The number of nitrogens with one attached hydrogen (secondary N) is 1. The van der Waals surface area contributed by atoms with Crippen LogP contribution in [0.25, 0.3) is 0 Å². The van der Waals surface area contributed by atoms with Crippen LogP contribution in [0.4, 0.5) is 19.0 Å². The summed E-state index contributed by atoms with van der Waals surface area (Å²) in [5.41, 5.74) is 0. The number of benzene rings is 1. The van der Waals surface area contributed by atoms with E-state index in [1.807, 2.05) is 12.1 Å². The number of halogens is 4. The molecule has 3 nitrogen and oxygen atoms in total. The van der Waals surface area contributed by atoms with Crippen molar-refractivity contribution in [2.24, 2.45) is 0 Å². The zero-order valence-electron chi connectivity index (χ0n) is 10.9. The predicted octanol–water partition coefficient (Wildman–Crippen LogP) is 4.84. The van der Waals surface area contributed by atoms with Crippen molar-refractivity contribution in [3.63, 3.8) is 0 Å². The van der Waals surface area contributed by atoms with Gasteiger partial charge >= 0.3 is 6.18 Å². The summed E-state index contributed by atoms with van der Waals surface area (Å²) in [5, 5.41) is 3.03. The SMILES string of the molecule is CCNc1cc(Sc2ccc(Br)cc2)nc(C(F)(F)F)n1. The number of nitrogens with zero attached hydrogens (tertiary/aromatic N) is 2. The van der Waals surface area contributed by atoms with Crippen molar-refractivity contribution in [3.8, 4) is 0 Å². The monoisotopic (exact) mass is 377 g/mol. The molecule has 1 aromatic heterocycles. The maximum absolute atomic E-state index is 12.8. The molecule has 2 aromatic rings. The fourth-order valence-corrected chi connectivity index (χ4v) is 2.58. The highest BCUT2D eigenvalue weighted by molar-refractivity contribution is 9.10. The quantitative estimate of drug-likeness (QED) is 0.773. The van der Waals surface area contributed by atoms with Crippen LogP contribution in [0.15, 0.2) is 44.7 Å². The van der Waals surface area contributed by atoms with Crippen molar-refractivity contribution in [2.45, 2.75) is 23.0 Å². The largest absolute Gasteiger partial charge is 0.451 e. The molecule has 0 bridgehead atoms. The van der Waals surface area contributed by atoms with Gasteiger partial charge in [-0.15, -0.1) is 0 Å². The molecule has 0 aliphatic heterocycles. The Morgan fingerprint density at radius 3 is 2.43 bits per heavy atom. The summed E-state index contributed by atoms with van der Waals surface area (Å²) < 4.78 is 39.3. The average molecular weight is 378 g/mol. The van der Waals surface area contributed by atoms with Crippen LogP contribution in [-0.2, 0) is 6.18 Å². The Morgan fingerprint density at radius 2 is 1.86 bits per heavy atom. The minimum Gasteiger partial charge on any atom is -0.370 e. The van der Waals surface area contributed by atoms with E-state index in [4.69, 9.17) is 0 Å². The third-order valence-electron chi connectivity index (χ3n) is 2.35. The molecule has 0 amide bonds. The summed E-state index contributed by atoms with van der Waals surface area (Å²) in [6.07, 6.45) is -4.57. The highest BCUT2D eigenvalue weighted by atomic mass is 79.9. The molecule has 0 spiro atoms. The first-order valence-corrected chi connectivity index (χ1v) is 7.63. The summed E-state index contributed by atoms with van der Waals surface area (Å²) >= 11 is 4.46. The summed E-state index contributed by atoms with van der Waals surface area (Å²) in [7, 11) is 0. The highest BCUT2D eigenvalue weighted by Gasteiger charge is 2.35. The number of alkyl halides is 3. The number of hydrogen-bond acceptors (Lipinski definition) is 4. The smallest absolute Gasteiger partial charge is 0.370 e. The van der Waals surface area contributed by atoms with Gasteiger partial charge < -0.3 is 5.32 Å². The lowest BCUT2D eigenvalue weighted by molar-refractivity contribution is -0.145. The molecule has 0 aliphatic carbocycles. The second-order valence-corrected chi connectivity index (χ2v) is 6.01. The van der Waals surface area contributed by atoms with Gasteiger partial charge in [-0.3, -0.25) is 0 Å². The average Bonchev–Trinajstić information content (AvgIpc) is 2.41. The van der Waals surface area contributed by atoms with Crippen LogP contribution in [0.2, 0.25) is 0 Å². The van der Waals surface area contributed by atoms with Crippen molar-refractivity contribution in [1.82, 2.24) is 9.97 Å². The van der Waals surface area contributed by atoms with Gasteiger partial charge in [0.1, 0.15) is 10.8 Å². The van der Waals surface area contributed by atoms with Crippen LogP contribution in [0.1, 0.15) is 12.7 Å². The molecular weight excluding hydrogens is 367 g/mol. The predicted molar refractivity (Wildman–Crippen MR) is 79.5 cm³/mol. The second kappa shape index (κ2) is 6.65. The Bertz CT molecular complexity index is 617. The molecule has 1 N–H and O–H groups in total. The minimum atomic E-state index is -4.57. The van der Waals surface area contributed by atoms with E-state index in [2.05, 4.69) is 31.2 Å². The Morgan fingerprint density at radius 1 is 1.19 bits per heavy atom. The maximum Gasteiger partial charge on any atom is 0.451 e. The first-order valence-electron chi connectivity index (χ1n) is 6.02. The van der Waals surface area contributed by atoms with Crippen LogP contribution in [0.3, 0.4) is 0 Å².